The maximum absolute atomic E-state index is 12.4. The van der Waals surface area contributed by atoms with Crippen molar-refractivity contribution in [2.24, 2.45) is 0 Å². The first-order valence-corrected chi connectivity index (χ1v) is 8.27. The van der Waals surface area contributed by atoms with Crippen LogP contribution in [0.2, 0.25) is 0 Å². The van der Waals surface area contributed by atoms with Crippen molar-refractivity contribution in [3.05, 3.63) is 34.5 Å². The van der Waals surface area contributed by atoms with E-state index in [1.54, 1.807) is 17.5 Å². The summed E-state index contributed by atoms with van der Waals surface area (Å²) in [7, 11) is 0. The fourth-order valence-corrected chi connectivity index (χ4v) is 3.60. The van der Waals surface area contributed by atoms with E-state index >= 15 is 0 Å². The number of aromatic nitrogens is 3. The van der Waals surface area contributed by atoms with Gasteiger partial charge in [-0.1, -0.05) is 0 Å². The van der Waals surface area contributed by atoms with E-state index in [2.05, 4.69) is 10.1 Å². The fraction of sp³-hybridized carbons (Fsp3) is 0.533. The maximum Gasteiger partial charge on any atom is 0.224 e. The number of rotatable bonds is 4. The number of carbonyl (C=O) groups excluding carboxylic acids is 1. The lowest BCUT2D eigenvalue weighted by molar-refractivity contribution is -0.132. The number of carbonyl (C=O) groups is 1. The van der Waals surface area contributed by atoms with E-state index in [4.69, 9.17) is 0 Å². The summed E-state index contributed by atoms with van der Waals surface area (Å²) in [6.07, 6.45) is 6.35. The van der Waals surface area contributed by atoms with Crippen LogP contribution in [0.25, 0.3) is 0 Å². The summed E-state index contributed by atoms with van der Waals surface area (Å²) in [5.74, 6) is 0.639. The molecule has 21 heavy (non-hydrogen) atoms. The normalized spacial score (nSPS) is 18.9. The highest BCUT2D eigenvalue weighted by Crippen LogP contribution is 2.28. The van der Waals surface area contributed by atoms with Gasteiger partial charge in [0.25, 0.3) is 0 Å². The van der Waals surface area contributed by atoms with Crippen LogP contribution in [0, 0.1) is 6.92 Å². The van der Waals surface area contributed by atoms with Gasteiger partial charge in [0.05, 0.1) is 5.01 Å². The van der Waals surface area contributed by atoms with E-state index in [0.717, 1.165) is 36.6 Å². The Hall–Kier alpha value is -1.69. The first-order valence-electron chi connectivity index (χ1n) is 7.39. The van der Waals surface area contributed by atoms with Crippen molar-refractivity contribution in [3.63, 3.8) is 0 Å². The van der Waals surface area contributed by atoms with E-state index in [1.165, 1.54) is 0 Å². The molecule has 5 nitrogen and oxygen atoms in total. The zero-order valence-electron chi connectivity index (χ0n) is 12.2. The molecule has 0 spiro atoms. The molecule has 2 aromatic rings. The summed E-state index contributed by atoms with van der Waals surface area (Å²) in [6.45, 7) is 4.36. The first-order chi connectivity index (χ1) is 10.2. The van der Waals surface area contributed by atoms with Gasteiger partial charge in [-0.05, 0) is 25.8 Å². The van der Waals surface area contributed by atoms with Crippen LogP contribution in [-0.4, -0.2) is 38.7 Å². The van der Waals surface area contributed by atoms with Gasteiger partial charge in [-0.2, -0.15) is 5.10 Å². The fourth-order valence-electron chi connectivity index (χ4n) is 2.83. The molecule has 2 aromatic heterocycles. The molecule has 1 saturated heterocycles. The highest BCUT2D eigenvalue weighted by molar-refractivity contribution is 7.09. The monoisotopic (exact) mass is 304 g/mol. The molecule has 1 amide bonds. The Labute approximate surface area is 128 Å². The third-order valence-corrected chi connectivity index (χ3v) is 4.98. The predicted molar refractivity (Wildman–Crippen MR) is 82.3 cm³/mol. The standard InChI is InChI=1S/C15H20N4OS/c1-12-4-6-17-19(12)9-5-14(20)18-8-2-3-13(11-18)15-16-7-10-21-15/h4,6-7,10,13H,2-3,5,8-9,11H2,1H3. The van der Waals surface area contributed by atoms with E-state index < -0.39 is 0 Å². The van der Waals surface area contributed by atoms with Gasteiger partial charge in [-0.3, -0.25) is 9.48 Å². The molecule has 6 heteroatoms. The van der Waals surface area contributed by atoms with Crippen molar-refractivity contribution in [1.82, 2.24) is 19.7 Å². The van der Waals surface area contributed by atoms with Gasteiger partial charge in [-0.15, -0.1) is 11.3 Å². The minimum Gasteiger partial charge on any atom is -0.342 e. The highest BCUT2D eigenvalue weighted by Gasteiger charge is 2.25. The minimum absolute atomic E-state index is 0.228. The van der Waals surface area contributed by atoms with E-state index in [9.17, 15) is 4.79 Å². The summed E-state index contributed by atoms with van der Waals surface area (Å²) in [4.78, 5) is 18.8. The zero-order valence-corrected chi connectivity index (χ0v) is 13.1. The van der Waals surface area contributed by atoms with E-state index in [-0.39, 0.29) is 5.91 Å². The molecule has 3 heterocycles. The molecule has 3 rings (SSSR count). The number of hydrogen-bond donors (Lipinski definition) is 0. The van der Waals surface area contributed by atoms with Crippen molar-refractivity contribution in [3.8, 4) is 0 Å². The van der Waals surface area contributed by atoms with Crippen molar-refractivity contribution in [1.29, 1.82) is 0 Å². The quantitative estimate of drug-likeness (QED) is 0.872. The number of aryl methyl sites for hydroxylation is 2. The molecule has 1 aliphatic rings. The average molecular weight is 304 g/mol. The third kappa shape index (κ3) is 3.32. The van der Waals surface area contributed by atoms with Gasteiger partial charge in [-0.25, -0.2) is 4.98 Å². The summed E-state index contributed by atoms with van der Waals surface area (Å²) in [5, 5.41) is 7.40. The molecule has 0 radical (unpaired) electrons. The Morgan fingerprint density at radius 2 is 2.38 bits per heavy atom. The number of piperidine rings is 1. The lowest BCUT2D eigenvalue weighted by Gasteiger charge is -2.32. The van der Waals surface area contributed by atoms with Gasteiger partial charge in [0, 0.05) is 55.4 Å². The van der Waals surface area contributed by atoms with E-state index in [1.807, 2.05) is 34.1 Å². The Balaban J connectivity index is 1.56. The molecular weight excluding hydrogens is 284 g/mol. The van der Waals surface area contributed by atoms with Gasteiger partial charge in [0.2, 0.25) is 5.91 Å². The minimum atomic E-state index is 0.228. The molecule has 0 aromatic carbocycles. The second kappa shape index (κ2) is 6.39. The van der Waals surface area contributed by atoms with Crippen LogP contribution in [-0.2, 0) is 11.3 Å². The van der Waals surface area contributed by atoms with Crippen molar-refractivity contribution < 1.29 is 4.79 Å². The summed E-state index contributed by atoms with van der Waals surface area (Å²) < 4.78 is 1.89. The highest BCUT2D eigenvalue weighted by atomic mass is 32.1. The molecule has 1 aliphatic heterocycles. The number of nitrogens with zero attached hydrogens (tertiary/aromatic N) is 4. The Kier molecular flexibility index (Phi) is 4.34. The topological polar surface area (TPSA) is 51.0 Å². The Morgan fingerprint density at radius 1 is 1.48 bits per heavy atom. The SMILES string of the molecule is Cc1ccnn1CCC(=O)N1CCCC(c2nccs2)C1. The lowest BCUT2D eigenvalue weighted by atomic mass is 9.98. The van der Waals surface area contributed by atoms with Gasteiger partial charge < -0.3 is 4.90 Å². The van der Waals surface area contributed by atoms with Crippen LogP contribution < -0.4 is 0 Å². The Bertz CT molecular complexity index is 593. The third-order valence-electron chi connectivity index (χ3n) is 4.04. The molecule has 1 fully saturated rings. The smallest absolute Gasteiger partial charge is 0.224 e. The largest absolute Gasteiger partial charge is 0.342 e. The first kappa shape index (κ1) is 14.3. The van der Waals surface area contributed by atoms with Crippen LogP contribution in [0.3, 0.4) is 0 Å². The van der Waals surface area contributed by atoms with Gasteiger partial charge in [0.15, 0.2) is 0 Å². The molecule has 1 unspecified atom stereocenters. The molecule has 0 bridgehead atoms. The van der Waals surface area contributed by atoms with Crippen LogP contribution in [0.5, 0.6) is 0 Å². The van der Waals surface area contributed by atoms with Crippen molar-refractivity contribution >= 4 is 17.2 Å². The molecule has 0 saturated carbocycles. The van der Waals surface area contributed by atoms with Crippen LogP contribution in [0.4, 0.5) is 0 Å². The van der Waals surface area contributed by atoms with Crippen LogP contribution >= 0.6 is 11.3 Å². The second-order valence-electron chi connectivity index (χ2n) is 5.49. The number of likely N-dealkylation sites (tertiary alicyclic amines) is 1. The van der Waals surface area contributed by atoms with Gasteiger partial charge in [0.1, 0.15) is 0 Å². The second-order valence-corrected chi connectivity index (χ2v) is 6.42. The number of amides is 1. The molecular formula is C15H20N4OS. The maximum atomic E-state index is 12.4. The molecule has 0 aliphatic carbocycles. The summed E-state index contributed by atoms with van der Waals surface area (Å²) in [5.41, 5.74) is 1.10. The average Bonchev–Trinajstić information content (AvgIpc) is 3.16. The predicted octanol–water partition coefficient (Wildman–Crippen LogP) is 2.44. The summed E-state index contributed by atoms with van der Waals surface area (Å²) in [6, 6.07) is 1.96. The van der Waals surface area contributed by atoms with Crippen LogP contribution in [0.15, 0.2) is 23.8 Å². The van der Waals surface area contributed by atoms with Gasteiger partial charge >= 0.3 is 0 Å². The zero-order chi connectivity index (χ0) is 14.7. The summed E-state index contributed by atoms with van der Waals surface area (Å²) >= 11 is 1.69. The van der Waals surface area contributed by atoms with Crippen molar-refractivity contribution in [2.75, 3.05) is 13.1 Å². The Morgan fingerprint density at radius 3 is 3.10 bits per heavy atom. The molecule has 112 valence electrons. The molecule has 0 N–H and O–H groups in total. The molecule has 1 atom stereocenters. The van der Waals surface area contributed by atoms with Crippen molar-refractivity contribution in [2.45, 2.75) is 38.6 Å². The number of thiazole rings is 1. The number of hydrogen-bond acceptors (Lipinski definition) is 4. The lowest BCUT2D eigenvalue weighted by Crippen LogP contribution is -2.39. The van der Waals surface area contributed by atoms with E-state index in [0.29, 0.717) is 18.9 Å². The van der Waals surface area contributed by atoms with Crippen LogP contribution in [0.1, 0.15) is 35.9 Å².